The summed E-state index contributed by atoms with van der Waals surface area (Å²) in [6.07, 6.45) is 0.920. The summed E-state index contributed by atoms with van der Waals surface area (Å²) >= 11 is 0. The Morgan fingerprint density at radius 3 is 2.61 bits per heavy atom. The Balaban J connectivity index is 1.75. The number of fused-ring (bicyclic) bond motifs is 1. The van der Waals surface area contributed by atoms with Crippen LogP contribution < -0.4 is 5.32 Å². The highest BCUT2D eigenvalue weighted by Gasteiger charge is 2.40. The van der Waals surface area contributed by atoms with E-state index in [1.54, 1.807) is 11.0 Å². The topological polar surface area (TPSA) is 58.6 Å². The number of nitrogens with zero attached hydrogens (tertiary/aromatic N) is 1. The van der Waals surface area contributed by atoms with Gasteiger partial charge in [0, 0.05) is 25.3 Å². The van der Waals surface area contributed by atoms with Gasteiger partial charge in [-0.25, -0.2) is 0 Å². The van der Waals surface area contributed by atoms with Crippen LogP contribution in [0.25, 0.3) is 0 Å². The number of aryl methyl sites for hydroxylation is 1. The lowest BCUT2D eigenvalue weighted by atomic mass is 10.0. The van der Waals surface area contributed by atoms with Gasteiger partial charge in [-0.2, -0.15) is 0 Å². The van der Waals surface area contributed by atoms with Gasteiger partial charge in [0.1, 0.15) is 6.04 Å². The molecule has 0 aliphatic carbocycles. The van der Waals surface area contributed by atoms with Crippen LogP contribution in [0, 0.1) is 6.92 Å². The number of benzene rings is 2. The molecule has 1 aliphatic heterocycles. The van der Waals surface area contributed by atoms with E-state index < -0.39 is 6.04 Å². The Bertz CT molecular complexity index is 847. The summed E-state index contributed by atoms with van der Waals surface area (Å²) in [7, 11) is 0. The van der Waals surface area contributed by atoms with Gasteiger partial charge in [0.15, 0.2) is 0 Å². The normalized spacial score (nSPS) is 15.8. The van der Waals surface area contributed by atoms with Crippen molar-refractivity contribution in [3.63, 3.8) is 0 Å². The van der Waals surface area contributed by atoms with Gasteiger partial charge in [0.2, 0.25) is 5.91 Å². The SMILES string of the molecule is Cc1ccccc1CN1C(=O)c2ccccc2[C@H]1C(=O)NCCCOC(C)C. The van der Waals surface area contributed by atoms with Crippen molar-refractivity contribution >= 4 is 11.8 Å². The van der Waals surface area contributed by atoms with Crippen molar-refractivity contribution in [2.24, 2.45) is 0 Å². The van der Waals surface area contributed by atoms with Crippen LogP contribution in [0.5, 0.6) is 0 Å². The number of hydrogen-bond acceptors (Lipinski definition) is 3. The van der Waals surface area contributed by atoms with Crippen LogP contribution in [0.1, 0.15) is 53.4 Å². The molecule has 0 fully saturated rings. The molecule has 1 atom stereocenters. The van der Waals surface area contributed by atoms with Crippen LogP contribution >= 0.6 is 0 Å². The van der Waals surface area contributed by atoms with Gasteiger partial charge in [0.05, 0.1) is 6.10 Å². The minimum atomic E-state index is -0.602. The zero-order valence-electron chi connectivity index (χ0n) is 16.8. The molecule has 28 heavy (non-hydrogen) atoms. The summed E-state index contributed by atoms with van der Waals surface area (Å²) in [4.78, 5) is 27.7. The fraction of sp³-hybridized carbons (Fsp3) is 0.391. The molecule has 0 bridgehead atoms. The van der Waals surface area contributed by atoms with Gasteiger partial charge in [-0.15, -0.1) is 0 Å². The molecule has 5 heteroatoms. The Kier molecular flexibility index (Phi) is 6.47. The van der Waals surface area contributed by atoms with Crippen molar-refractivity contribution in [2.45, 2.75) is 45.9 Å². The number of amides is 2. The monoisotopic (exact) mass is 380 g/mol. The standard InChI is InChI=1S/C23H28N2O3/c1-16(2)28-14-8-13-24-22(26)21-19-11-6-7-12-20(19)23(27)25(21)15-18-10-5-4-9-17(18)3/h4-7,9-12,16,21H,8,13-15H2,1-3H3,(H,24,26)/t21-/m0/s1. The van der Waals surface area contributed by atoms with Crippen molar-refractivity contribution < 1.29 is 14.3 Å². The Morgan fingerprint density at radius 1 is 1.14 bits per heavy atom. The number of hydrogen-bond donors (Lipinski definition) is 1. The average Bonchev–Trinajstić information content (AvgIpc) is 2.95. The van der Waals surface area contributed by atoms with E-state index in [1.165, 1.54) is 0 Å². The van der Waals surface area contributed by atoms with Crippen LogP contribution in [0.2, 0.25) is 0 Å². The molecule has 2 aromatic rings. The predicted molar refractivity (Wildman–Crippen MR) is 109 cm³/mol. The minimum absolute atomic E-state index is 0.0952. The number of nitrogens with one attached hydrogen (secondary N) is 1. The molecule has 0 radical (unpaired) electrons. The van der Waals surface area contributed by atoms with Crippen molar-refractivity contribution in [1.29, 1.82) is 0 Å². The van der Waals surface area contributed by atoms with E-state index in [0.29, 0.717) is 25.3 Å². The Hall–Kier alpha value is -2.66. The minimum Gasteiger partial charge on any atom is -0.379 e. The largest absolute Gasteiger partial charge is 0.379 e. The number of carbonyl (C=O) groups is 2. The molecule has 0 saturated carbocycles. The third-order valence-corrected chi connectivity index (χ3v) is 4.98. The van der Waals surface area contributed by atoms with Crippen LogP contribution in [0.3, 0.4) is 0 Å². The van der Waals surface area contributed by atoms with Crippen molar-refractivity contribution in [1.82, 2.24) is 10.2 Å². The lowest BCUT2D eigenvalue weighted by Gasteiger charge is -2.25. The zero-order chi connectivity index (χ0) is 20.1. The summed E-state index contributed by atoms with van der Waals surface area (Å²) in [5, 5.41) is 2.98. The van der Waals surface area contributed by atoms with Crippen molar-refractivity contribution in [3.05, 3.63) is 70.8 Å². The fourth-order valence-corrected chi connectivity index (χ4v) is 3.49. The van der Waals surface area contributed by atoms with E-state index in [-0.39, 0.29) is 17.9 Å². The van der Waals surface area contributed by atoms with Gasteiger partial charge >= 0.3 is 0 Å². The summed E-state index contributed by atoms with van der Waals surface area (Å²) in [6.45, 7) is 7.54. The average molecular weight is 380 g/mol. The molecule has 0 aromatic heterocycles. The van der Waals surface area contributed by atoms with Crippen molar-refractivity contribution in [2.75, 3.05) is 13.2 Å². The highest BCUT2D eigenvalue weighted by Crippen LogP contribution is 2.35. The van der Waals surface area contributed by atoms with Crippen LogP contribution in [-0.4, -0.2) is 36.0 Å². The molecule has 3 rings (SSSR count). The first-order valence-corrected chi connectivity index (χ1v) is 9.82. The maximum atomic E-state index is 13.0. The van der Waals surface area contributed by atoms with Gasteiger partial charge < -0.3 is 15.0 Å². The molecule has 5 nitrogen and oxygen atoms in total. The quantitative estimate of drug-likeness (QED) is 0.712. The van der Waals surface area contributed by atoms with E-state index in [4.69, 9.17) is 4.74 Å². The molecule has 1 N–H and O–H groups in total. The van der Waals surface area contributed by atoms with E-state index in [2.05, 4.69) is 5.32 Å². The van der Waals surface area contributed by atoms with E-state index >= 15 is 0 Å². The molecule has 148 valence electrons. The second kappa shape index (κ2) is 9.02. The lowest BCUT2D eigenvalue weighted by molar-refractivity contribution is -0.125. The molecule has 0 saturated heterocycles. The second-order valence-corrected chi connectivity index (χ2v) is 7.41. The fourth-order valence-electron chi connectivity index (χ4n) is 3.49. The summed E-state index contributed by atoms with van der Waals surface area (Å²) < 4.78 is 5.52. The van der Waals surface area contributed by atoms with Gasteiger partial charge in [-0.1, -0.05) is 42.5 Å². The first kappa shape index (κ1) is 20.1. The molecule has 0 unspecified atom stereocenters. The van der Waals surface area contributed by atoms with Gasteiger partial charge in [-0.05, 0) is 49.9 Å². The molecule has 2 aromatic carbocycles. The summed E-state index contributed by atoms with van der Waals surface area (Å²) in [5.74, 6) is -0.237. The molecular formula is C23H28N2O3. The molecule has 0 spiro atoms. The van der Waals surface area contributed by atoms with Crippen LogP contribution in [0.4, 0.5) is 0 Å². The highest BCUT2D eigenvalue weighted by atomic mass is 16.5. The molecule has 1 heterocycles. The van der Waals surface area contributed by atoms with E-state index in [9.17, 15) is 9.59 Å². The Labute approximate surface area is 166 Å². The molecule has 1 aliphatic rings. The van der Waals surface area contributed by atoms with Crippen molar-refractivity contribution in [3.8, 4) is 0 Å². The maximum absolute atomic E-state index is 13.0. The van der Waals surface area contributed by atoms with E-state index in [0.717, 1.165) is 23.1 Å². The number of carbonyl (C=O) groups excluding carboxylic acids is 2. The first-order valence-electron chi connectivity index (χ1n) is 9.82. The summed E-state index contributed by atoms with van der Waals surface area (Å²) in [6, 6.07) is 14.7. The highest BCUT2D eigenvalue weighted by molar-refractivity contribution is 6.04. The Morgan fingerprint density at radius 2 is 1.86 bits per heavy atom. The molecular weight excluding hydrogens is 352 g/mol. The first-order chi connectivity index (χ1) is 13.5. The maximum Gasteiger partial charge on any atom is 0.255 e. The number of ether oxygens (including phenoxy) is 1. The molecule has 2 amide bonds. The summed E-state index contributed by atoms with van der Waals surface area (Å²) in [5.41, 5.74) is 3.54. The second-order valence-electron chi connectivity index (χ2n) is 7.41. The third kappa shape index (κ3) is 4.42. The third-order valence-electron chi connectivity index (χ3n) is 4.98. The van der Waals surface area contributed by atoms with E-state index in [1.807, 2.05) is 63.2 Å². The number of rotatable bonds is 8. The zero-order valence-corrected chi connectivity index (χ0v) is 16.8. The smallest absolute Gasteiger partial charge is 0.255 e. The lowest BCUT2D eigenvalue weighted by Crippen LogP contribution is -2.39. The van der Waals surface area contributed by atoms with Gasteiger partial charge in [0.25, 0.3) is 5.91 Å². The van der Waals surface area contributed by atoms with Crippen LogP contribution in [-0.2, 0) is 16.1 Å². The van der Waals surface area contributed by atoms with Crippen LogP contribution in [0.15, 0.2) is 48.5 Å². The predicted octanol–water partition coefficient (Wildman–Crippen LogP) is 3.62. The van der Waals surface area contributed by atoms with Gasteiger partial charge in [-0.3, -0.25) is 9.59 Å².